The fourth-order valence-corrected chi connectivity index (χ4v) is 2.34. The lowest BCUT2D eigenvalue weighted by molar-refractivity contribution is 0.208. The number of allylic oxidation sites excluding steroid dienone is 1. The maximum absolute atomic E-state index is 9.51. The van der Waals surface area contributed by atoms with Gasteiger partial charge >= 0.3 is 0 Å². The molecular formula is C17H34O. The molecule has 0 radical (unpaired) electrons. The topological polar surface area (TPSA) is 20.2 Å². The van der Waals surface area contributed by atoms with Crippen molar-refractivity contribution in [2.24, 2.45) is 0 Å². The van der Waals surface area contributed by atoms with Gasteiger partial charge in [-0.1, -0.05) is 89.7 Å². The molecule has 0 heterocycles. The van der Waals surface area contributed by atoms with Crippen molar-refractivity contribution in [1.82, 2.24) is 0 Å². The minimum atomic E-state index is -0.214. The first-order chi connectivity index (χ1) is 8.81. The lowest BCUT2D eigenvalue weighted by Crippen LogP contribution is -2.00. The summed E-state index contributed by atoms with van der Waals surface area (Å²) in [5.41, 5.74) is 0. The van der Waals surface area contributed by atoms with Gasteiger partial charge in [0.15, 0.2) is 0 Å². The molecule has 0 amide bonds. The highest BCUT2D eigenvalue weighted by molar-refractivity contribution is 4.84. The Bertz CT molecular complexity index is 174. The minimum absolute atomic E-state index is 0.214. The fourth-order valence-electron chi connectivity index (χ4n) is 2.34. The van der Waals surface area contributed by atoms with Gasteiger partial charge < -0.3 is 5.11 Å². The van der Waals surface area contributed by atoms with E-state index < -0.39 is 0 Å². The Labute approximate surface area is 115 Å². The summed E-state index contributed by atoms with van der Waals surface area (Å²) in [4.78, 5) is 0. The van der Waals surface area contributed by atoms with E-state index in [1.165, 1.54) is 70.6 Å². The Balaban J connectivity index is 3.03. The number of aliphatic hydroxyl groups is 1. The van der Waals surface area contributed by atoms with Crippen LogP contribution in [-0.2, 0) is 0 Å². The van der Waals surface area contributed by atoms with Gasteiger partial charge in [-0.25, -0.2) is 0 Å². The third-order valence-corrected chi connectivity index (χ3v) is 3.52. The van der Waals surface area contributed by atoms with Crippen LogP contribution in [0.4, 0.5) is 0 Å². The van der Waals surface area contributed by atoms with E-state index in [9.17, 15) is 5.11 Å². The van der Waals surface area contributed by atoms with Crippen molar-refractivity contribution in [3.8, 4) is 0 Å². The molecule has 0 aliphatic heterocycles. The maximum atomic E-state index is 9.51. The Morgan fingerprint density at radius 1 is 0.778 bits per heavy atom. The number of hydrogen-bond acceptors (Lipinski definition) is 1. The van der Waals surface area contributed by atoms with Gasteiger partial charge in [-0.15, -0.1) is 0 Å². The summed E-state index contributed by atoms with van der Waals surface area (Å²) in [6.07, 6.45) is 19.6. The molecule has 0 spiro atoms. The first kappa shape index (κ1) is 17.7. The number of hydrogen-bond donors (Lipinski definition) is 1. The SMILES string of the molecule is CC=CC(O)CCCCCCCCCCCCC. The summed E-state index contributed by atoms with van der Waals surface area (Å²) >= 11 is 0. The van der Waals surface area contributed by atoms with Gasteiger partial charge in [-0.3, -0.25) is 0 Å². The van der Waals surface area contributed by atoms with Crippen molar-refractivity contribution in [3.05, 3.63) is 12.2 Å². The molecule has 1 N–H and O–H groups in total. The van der Waals surface area contributed by atoms with E-state index in [1.54, 1.807) is 0 Å². The molecule has 1 atom stereocenters. The lowest BCUT2D eigenvalue weighted by atomic mass is 10.0. The normalized spacial score (nSPS) is 13.3. The van der Waals surface area contributed by atoms with Crippen LogP contribution in [0.1, 0.15) is 90.9 Å². The van der Waals surface area contributed by atoms with Crippen molar-refractivity contribution in [1.29, 1.82) is 0 Å². The molecule has 0 aromatic carbocycles. The van der Waals surface area contributed by atoms with Crippen molar-refractivity contribution in [2.45, 2.75) is 97.0 Å². The van der Waals surface area contributed by atoms with E-state index in [0.717, 1.165) is 6.42 Å². The molecule has 1 heteroatoms. The predicted octanol–water partition coefficient (Wildman–Crippen LogP) is 5.62. The van der Waals surface area contributed by atoms with Crippen LogP contribution < -0.4 is 0 Å². The van der Waals surface area contributed by atoms with E-state index in [-0.39, 0.29) is 6.10 Å². The van der Waals surface area contributed by atoms with Crippen LogP contribution in [0.25, 0.3) is 0 Å². The van der Waals surface area contributed by atoms with Gasteiger partial charge in [-0.2, -0.15) is 0 Å². The fraction of sp³-hybridized carbons (Fsp3) is 0.882. The molecule has 0 aromatic rings. The molecule has 0 rings (SSSR count). The van der Waals surface area contributed by atoms with Crippen molar-refractivity contribution >= 4 is 0 Å². The standard InChI is InChI=1S/C17H34O/c1-3-5-6-7-8-9-10-11-12-13-14-16-17(18)15-4-2/h4,15,17-18H,3,5-14,16H2,1-2H3. The van der Waals surface area contributed by atoms with Crippen molar-refractivity contribution in [3.63, 3.8) is 0 Å². The van der Waals surface area contributed by atoms with Gasteiger partial charge in [0.1, 0.15) is 0 Å². The molecule has 0 aliphatic carbocycles. The van der Waals surface area contributed by atoms with E-state index in [1.807, 2.05) is 19.1 Å². The van der Waals surface area contributed by atoms with E-state index in [0.29, 0.717) is 0 Å². The molecule has 18 heavy (non-hydrogen) atoms. The largest absolute Gasteiger partial charge is 0.389 e. The predicted molar refractivity (Wildman–Crippen MR) is 81.9 cm³/mol. The highest BCUT2D eigenvalue weighted by Crippen LogP contribution is 2.12. The van der Waals surface area contributed by atoms with Crippen LogP contribution in [0.5, 0.6) is 0 Å². The second kappa shape index (κ2) is 14.8. The van der Waals surface area contributed by atoms with E-state index >= 15 is 0 Å². The highest BCUT2D eigenvalue weighted by Gasteiger charge is 1.98. The molecule has 0 saturated heterocycles. The van der Waals surface area contributed by atoms with Crippen LogP contribution in [0.3, 0.4) is 0 Å². The lowest BCUT2D eigenvalue weighted by Gasteiger charge is -2.05. The Morgan fingerprint density at radius 3 is 1.67 bits per heavy atom. The second-order valence-corrected chi connectivity index (χ2v) is 5.42. The number of aliphatic hydroxyl groups excluding tert-OH is 1. The van der Waals surface area contributed by atoms with Gasteiger partial charge in [0.05, 0.1) is 6.10 Å². The van der Waals surface area contributed by atoms with Crippen LogP contribution in [0.15, 0.2) is 12.2 Å². The Morgan fingerprint density at radius 2 is 1.22 bits per heavy atom. The van der Waals surface area contributed by atoms with Gasteiger partial charge in [0, 0.05) is 0 Å². The summed E-state index contributed by atoms with van der Waals surface area (Å²) in [5, 5.41) is 9.51. The molecule has 0 fully saturated rings. The number of rotatable bonds is 13. The number of unbranched alkanes of at least 4 members (excludes halogenated alkanes) is 10. The summed E-state index contributed by atoms with van der Waals surface area (Å²) in [6.45, 7) is 4.23. The highest BCUT2D eigenvalue weighted by atomic mass is 16.3. The molecule has 0 aliphatic rings. The van der Waals surface area contributed by atoms with Gasteiger partial charge in [0.2, 0.25) is 0 Å². The zero-order valence-corrected chi connectivity index (χ0v) is 12.7. The molecule has 1 nitrogen and oxygen atoms in total. The average Bonchev–Trinajstić information content (AvgIpc) is 2.36. The third-order valence-electron chi connectivity index (χ3n) is 3.52. The smallest absolute Gasteiger partial charge is 0.0720 e. The van der Waals surface area contributed by atoms with Crippen LogP contribution >= 0.6 is 0 Å². The Kier molecular flexibility index (Phi) is 14.5. The first-order valence-corrected chi connectivity index (χ1v) is 8.12. The Hall–Kier alpha value is -0.300. The summed E-state index contributed by atoms with van der Waals surface area (Å²) in [5.74, 6) is 0. The second-order valence-electron chi connectivity index (χ2n) is 5.42. The first-order valence-electron chi connectivity index (χ1n) is 8.12. The molecule has 0 bridgehead atoms. The van der Waals surface area contributed by atoms with Gasteiger partial charge in [-0.05, 0) is 13.3 Å². The monoisotopic (exact) mass is 254 g/mol. The van der Waals surface area contributed by atoms with Crippen LogP contribution in [-0.4, -0.2) is 11.2 Å². The summed E-state index contributed by atoms with van der Waals surface area (Å²) in [7, 11) is 0. The van der Waals surface area contributed by atoms with E-state index in [2.05, 4.69) is 6.92 Å². The van der Waals surface area contributed by atoms with E-state index in [4.69, 9.17) is 0 Å². The average molecular weight is 254 g/mol. The molecule has 0 aromatic heterocycles. The molecule has 0 saturated carbocycles. The quantitative estimate of drug-likeness (QED) is 0.334. The summed E-state index contributed by atoms with van der Waals surface area (Å²) in [6, 6.07) is 0. The van der Waals surface area contributed by atoms with Crippen molar-refractivity contribution < 1.29 is 5.11 Å². The zero-order chi connectivity index (χ0) is 13.5. The van der Waals surface area contributed by atoms with Crippen molar-refractivity contribution in [2.75, 3.05) is 0 Å². The third kappa shape index (κ3) is 13.8. The van der Waals surface area contributed by atoms with Crippen LogP contribution in [0.2, 0.25) is 0 Å². The summed E-state index contributed by atoms with van der Waals surface area (Å²) < 4.78 is 0. The molecule has 1 unspecified atom stereocenters. The van der Waals surface area contributed by atoms with Gasteiger partial charge in [0.25, 0.3) is 0 Å². The molecule has 108 valence electrons. The minimum Gasteiger partial charge on any atom is -0.389 e. The molecular weight excluding hydrogens is 220 g/mol. The zero-order valence-electron chi connectivity index (χ0n) is 12.7. The van der Waals surface area contributed by atoms with Crippen LogP contribution in [0, 0.1) is 0 Å². The maximum Gasteiger partial charge on any atom is 0.0720 e.